The number of benzene rings is 2. The summed E-state index contributed by atoms with van der Waals surface area (Å²) in [6.07, 6.45) is 0.381. The van der Waals surface area contributed by atoms with Crippen LogP contribution in [0.1, 0.15) is 33.2 Å². The Hall–Kier alpha value is -3.49. The van der Waals surface area contributed by atoms with Crippen LogP contribution < -0.4 is 14.8 Å². The van der Waals surface area contributed by atoms with Crippen LogP contribution in [0.3, 0.4) is 0 Å². The van der Waals surface area contributed by atoms with E-state index in [0.717, 1.165) is 10.5 Å². The zero-order valence-electron chi connectivity index (χ0n) is 16.4. The van der Waals surface area contributed by atoms with Crippen molar-refractivity contribution >= 4 is 17.7 Å². The second-order valence-electron chi connectivity index (χ2n) is 6.61. The van der Waals surface area contributed by atoms with Crippen molar-refractivity contribution in [1.82, 2.24) is 10.2 Å². The van der Waals surface area contributed by atoms with Gasteiger partial charge in [-0.3, -0.25) is 19.3 Å². The first-order valence-corrected chi connectivity index (χ1v) is 9.19. The van der Waals surface area contributed by atoms with Gasteiger partial charge in [0.2, 0.25) is 5.91 Å². The second-order valence-corrected chi connectivity index (χ2v) is 6.61. The smallest absolute Gasteiger partial charge is 0.387 e. The van der Waals surface area contributed by atoms with Crippen LogP contribution in [0.4, 0.5) is 8.78 Å². The Morgan fingerprint density at radius 3 is 2.27 bits per heavy atom. The number of fused-ring (bicyclic) bond motifs is 1. The van der Waals surface area contributed by atoms with Gasteiger partial charge in [-0.2, -0.15) is 8.78 Å². The van der Waals surface area contributed by atoms with E-state index in [9.17, 15) is 23.2 Å². The van der Waals surface area contributed by atoms with Gasteiger partial charge in [0, 0.05) is 6.54 Å². The summed E-state index contributed by atoms with van der Waals surface area (Å²) in [5.41, 5.74) is 1.28. The molecule has 9 heteroatoms. The van der Waals surface area contributed by atoms with E-state index in [1.807, 2.05) is 0 Å². The number of rotatable bonds is 8. The summed E-state index contributed by atoms with van der Waals surface area (Å²) in [6, 6.07) is 9.92. The molecule has 0 aliphatic carbocycles. The average Bonchev–Trinajstić information content (AvgIpc) is 2.98. The topological polar surface area (TPSA) is 84.9 Å². The first-order chi connectivity index (χ1) is 14.3. The van der Waals surface area contributed by atoms with Gasteiger partial charge in [0.15, 0.2) is 11.5 Å². The molecule has 0 spiro atoms. The maximum absolute atomic E-state index is 12.5. The van der Waals surface area contributed by atoms with Crippen LogP contribution >= 0.6 is 0 Å². The number of alkyl halides is 2. The number of imide groups is 1. The van der Waals surface area contributed by atoms with Crippen molar-refractivity contribution < 1.29 is 32.6 Å². The summed E-state index contributed by atoms with van der Waals surface area (Å²) < 4.78 is 34.2. The molecule has 1 atom stereocenters. The maximum atomic E-state index is 12.5. The number of hydrogen-bond acceptors (Lipinski definition) is 5. The minimum absolute atomic E-state index is 0.0838. The molecule has 0 unspecified atom stereocenters. The molecular formula is C21H20F2N2O5. The third-order valence-electron chi connectivity index (χ3n) is 4.75. The predicted molar refractivity (Wildman–Crippen MR) is 103 cm³/mol. The average molecular weight is 418 g/mol. The minimum Gasteiger partial charge on any atom is -0.493 e. The van der Waals surface area contributed by atoms with Crippen molar-refractivity contribution in [3.05, 3.63) is 59.2 Å². The van der Waals surface area contributed by atoms with E-state index in [1.165, 1.54) is 26.2 Å². The summed E-state index contributed by atoms with van der Waals surface area (Å²) in [4.78, 5) is 38.4. The van der Waals surface area contributed by atoms with E-state index in [4.69, 9.17) is 4.74 Å². The Balaban J connectivity index is 1.59. The van der Waals surface area contributed by atoms with Crippen LogP contribution in [0.2, 0.25) is 0 Å². The van der Waals surface area contributed by atoms with Crippen molar-refractivity contribution in [1.29, 1.82) is 0 Å². The van der Waals surface area contributed by atoms with E-state index < -0.39 is 30.4 Å². The number of nitrogens with one attached hydrogen (secondary N) is 1. The molecular weight excluding hydrogens is 398 g/mol. The zero-order valence-corrected chi connectivity index (χ0v) is 16.4. The van der Waals surface area contributed by atoms with Crippen molar-refractivity contribution in [2.75, 3.05) is 13.7 Å². The first-order valence-electron chi connectivity index (χ1n) is 9.19. The monoisotopic (exact) mass is 418 g/mol. The van der Waals surface area contributed by atoms with Gasteiger partial charge < -0.3 is 14.8 Å². The van der Waals surface area contributed by atoms with Crippen molar-refractivity contribution in [2.45, 2.75) is 26.0 Å². The molecule has 1 heterocycles. The van der Waals surface area contributed by atoms with E-state index in [-0.39, 0.29) is 29.2 Å². The molecule has 3 amide bonds. The van der Waals surface area contributed by atoms with Crippen LogP contribution in [-0.4, -0.2) is 48.9 Å². The molecule has 0 bridgehead atoms. The highest BCUT2D eigenvalue weighted by Gasteiger charge is 2.40. The maximum Gasteiger partial charge on any atom is 0.387 e. The predicted octanol–water partition coefficient (Wildman–Crippen LogP) is 2.64. The Morgan fingerprint density at radius 2 is 1.70 bits per heavy atom. The molecule has 2 aromatic carbocycles. The summed E-state index contributed by atoms with van der Waals surface area (Å²) >= 11 is 0. The van der Waals surface area contributed by atoms with Gasteiger partial charge in [-0.05, 0) is 43.2 Å². The number of ether oxygens (including phenoxy) is 2. The minimum atomic E-state index is -2.97. The molecule has 0 saturated carbocycles. The van der Waals surface area contributed by atoms with Gasteiger partial charge in [0.05, 0.1) is 18.2 Å². The van der Waals surface area contributed by atoms with Gasteiger partial charge in [-0.15, -0.1) is 0 Å². The fourth-order valence-electron chi connectivity index (χ4n) is 3.22. The van der Waals surface area contributed by atoms with E-state index in [1.54, 1.807) is 30.3 Å². The van der Waals surface area contributed by atoms with Crippen LogP contribution in [0.15, 0.2) is 42.5 Å². The van der Waals surface area contributed by atoms with Crippen LogP contribution in [0, 0.1) is 0 Å². The van der Waals surface area contributed by atoms with Gasteiger partial charge >= 0.3 is 6.61 Å². The normalized spacial score (nSPS) is 14.0. The van der Waals surface area contributed by atoms with Crippen LogP contribution in [0.5, 0.6) is 11.5 Å². The Labute approximate surface area is 171 Å². The summed E-state index contributed by atoms with van der Waals surface area (Å²) in [5, 5.41) is 2.68. The fourth-order valence-corrected chi connectivity index (χ4v) is 3.22. The number of hydrogen-bond donors (Lipinski definition) is 1. The number of carbonyl (C=O) groups is 3. The molecule has 30 heavy (non-hydrogen) atoms. The molecule has 158 valence electrons. The van der Waals surface area contributed by atoms with Crippen molar-refractivity contribution in [2.24, 2.45) is 0 Å². The molecule has 1 aliphatic heterocycles. The zero-order chi connectivity index (χ0) is 21.8. The molecule has 1 aliphatic rings. The van der Waals surface area contributed by atoms with Gasteiger partial charge in [-0.1, -0.05) is 18.2 Å². The van der Waals surface area contributed by atoms with Crippen molar-refractivity contribution in [3.63, 3.8) is 0 Å². The van der Waals surface area contributed by atoms with Gasteiger partial charge in [-0.25, -0.2) is 0 Å². The standard InChI is InChI=1S/C21H20F2N2O5/c1-12(25-19(27)14-5-3-4-6-15(14)20(25)28)18(26)24-10-9-13-7-8-16(30-21(22)23)17(11-13)29-2/h3-8,11-12,21H,9-10H2,1-2H3,(H,24,26)/t12-/m1/s1. The third kappa shape index (κ3) is 4.24. The molecule has 0 fully saturated rings. The summed E-state index contributed by atoms with van der Waals surface area (Å²) in [6.45, 7) is -1.27. The van der Waals surface area contributed by atoms with Crippen LogP contribution in [-0.2, 0) is 11.2 Å². The van der Waals surface area contributed by atoms with Crippen molar-refractivity contribution in [3.8, 4) is 11.5 Å². The lowest BCUT2D eigenvalue weighted by molar-refractivity contribution is -0.124. The first kappa shape index (κ1) is 21.2. The van der Waals surface area contributed by atoms with Crippen LogP contribution in [0.25, 0.3) is 0 Å². The SMILES string of the molecule is COc1cc(CCNC(=O)[C@@H](C)N2C(=O)c3ccccc3C2=O)ccc1OC(F)F. The molecule has 0 aromatic heterocycles. The molecule has 2 aromatic rings. The van der Waals surface area contributed by atoms with E-state index in [0.29, 0.717) is 6.42 Å². The Morgan fingerprint density at radius 1 is 1.07 bits per heavy atom. The third-order valence-corrected chi connectivity index (χ3v) is 4.75. The quantitative estimate of drug-likeness (QED) is 0.667. The number of amides is 3. The molecule has 7 nitrogen and oxygen atoms in total. The second kappa shape index (κ2) is 8.89. The largest absolute Gasteiger partial charge is 0.493 e. The molecule has 0 saturated heterocycles. The molecule has 0 radical (unpaired) electrons. The highest BCUT2D eigenvalue weighted by atomic mass is 19.3. The lowest BCUT2D eigenvalue weighted by Gasteiger charge is -2.21. The van der Waals surface area contributed by atoms with E-state index in [2.05, 4.69) is 10.1 Å². The number of nitrogens with zero attached hydrogens (tertiary/aromatic N) is 1. The summed E-state index contributed by atoms with van der Waals surface area (Å²) in [7, 11) is 1.34. The lowest BCUT2D eigenvalue weighted by atomic mass is 10.1. The van der Waals surface area contributed by atoms with Gasteiger partial charge in [0.1, 0.15) is 6.04 Å². The molecule has 1 N–H and O–H groups in total. The Bertz CT molecular complexity index is 945. The molecule has 3 rings (SSSR count). The Kier molecular flexibility index (Phi) is 6.29. The highest BCUT2D eigenvalue weighted by Crippen LogP contribution is 2.29. The number of methoxy groups -OCH3 is 1. The highest BCUT2D eigenvalue weighted by molar-refractivity contribution is 6.22. The number of halogens is 2. The van der Waals surface area contributed by atoms with Gasteiger partial charge in [0.25, 0.3) is 11.8 Å². The lowest BCUT2D eigenvalue weighted by Crippen LogP contribution is -2.48. The summed E-state index contributed by atoms with van der Waals surface area (Å²) in [5.74, 6) is -1.41. The van der Waals surface area contributed by atoms with E-state index >= 15 is 0 Å². The number of carbonyl (C=O) groups excluding carboxylic acids is 3. The fraction of sp³-hybridized carbons (Fsp3) is 0.286.